The number of hydrogen-bond donors (Lipinski definition) is 2. The lowest BCUT2D eigenvalue weighted by molar-refractivity contribution is 0.413. The van der Waals surface area contributed by atoms with Gasteiger partial charge in [0.15, 0.2) is 0 Å². The van der Waals surface area contributed by atoms with Gasteiger partial charge >= 0.3 is 0 Å². The van der Waals surface area contributed by atoms with Gasteiger partial charge in [-0.15, -0.1) is 0 Å². The summed E-state index contributed by atoms with van der Waals surface area (Å²) in [5, 5.41) is 0. The molecule has 0 aliphatic carbocycles. The Labute approximate surface area is 121 Å². The first-order valence-electron chi connectivity index (χ1n) is 6.71. The van der Waals surface area contributed by atoms with E-state index < -0.39 is 10.0 Å². The standard InChI is InChI=1S/C14H24N2O3S/c1-10(2)11(3)16-20(17,18)14-6-5-13(19-4)9-12(14)7-8-15/h5-6,9-11,16H,7-8,15H2,1-4H3. The third kappa shape index (κ3) is 4.19. The highest BCUT2D eigenvalue weighted by molar-refractivity contribution is 7.89. The second-order valence-electron chi connectivity index (χ2n) is 5.17. The molecule has 0 aromatic heterocycles. The molecule has 1 unspecified atom stereocenters. The minimum Gasteiger partial charge on any atom is -0.497 e. The quantitative estimate of drug-likeness (QED) is 0.800. The molecule has 0 fully saturated rings. The zero-order valence-corrected chi connectivity index (χ0v) is 13.3. The van der Waals surface area contributed by atoms with E-state index in [2.05, 4.69) is 4.72 Å². The molecule has 1 aromatic carbocycles. The average Bonchev–Trinajstić information content (AvgIpc) is 2.38. The highest BCUT2D eigenvalue weighted by Crippen LogP contribution is 2.22. The lowest BCUT2D eigenvalue weighted by Gasteiger charge is -2.19. The van der Waals surface area contributed by atoms with Crippen molar-refractivity contribution in [2.45, 2.75) is 38.1 Å². The summed E-state index contributed by atoms with van der Waals surface area (Å²) in [5.41, 5.74) is 6.23. The summed E-state index contributed by atoms with van der Waals surface area (Å²) in [7, 11) is -1.99. The minimum absolute atomic E-state index is 0.132. The zero-order chi connectivity index (χ0) is 15.3. The summed E-state index contributed by atoms with van der Waals surface area (Å²) in [4.78, 5) is 0.274. The van der Waals surface area contributed by atoms with Crippen LogP contribution in [0.2, 0.25) is 0 Å². The Morgan fingerprint density at radius 3 is 2.45 bits per heavy atom. The molecule has 114 valence electrons. The molecule has 0 aliphatic rings. The molecule has 0 amide bonds. The summed E-state index contributed by atoms with van der Waals surface area (Å²) in [5.74, 6) is 0.852. The second kappa shape index (κ2) is 7.06. The van der Waals surface area contributed by atoms with Crippen molar-refractivity contribution in [2.75, 3.05) is 13.7 Å². The topological polar surface area (TPSA) is 81.4 Å². The fourth-order valence-corrected chi connectivity index (χ4v) is 3.38. The molecule has 3 N–H and O–H groups in total. The Morgan fingerprint density at radius 2 is 1.95 bits per heavy atom. The number of benzene rings is 1. The van der Waals surface area contributed by atoms with Crippen molar-refractivity contribution in [2.24, 2.45) is 11.7 Å². The molecular weight excluding hydrogens is 276 g/mol. The molecule has 6 heteroatoms. The van der Waals surface area contributed by atoms with Gasteiger partial charge in [0, 0.05) is 6.04 Å². The van der Waals surface area contributed by atoms with E-state index in [4.69, 9.17) is 10.5 Å². The largest absolute Gasteiger partial charge is 0.497 e. The van der Waals surface area contributed by atoms with Crippen molar-refractivity contribution >= 4 is 10.0 Å². The lowest BCUT2D eigenvalue weighted by atomic mass is 10.1. The molecule has 0 spiro atoms. The van der Waals surface area contributed by atoms with Crippen LogP contribution in [0.4, 0.5) is 0 Å². The van der Waals surface area contributed by atoms with Gasteiger partial charge in [-0.3, -0.25) is 0 Å². The first-order chi connectivity index (χ1) is 9.31. The second-order valence-corrected chi connectivity index (χ2v) is 6.85. The first kappa shape index (κ1) is 16.9. The Bertz CT molecular complexity index is 541. The highest BCUT2D eigenvalue weighted by Gasteiger charge is 2.22. The maximum absolute atomic E-state index is 12.4. The maximum atomic E-state index is 12.4. The normalized spacial score (nSPS) is 13.5. The molecule has 0 aliphatic heterocycles. The number of methoxy groups -OCH3 is 1. The third-order valence-corrected chi connectivity index (χ3v) is 4.97. The predicted octanol–water partition coefficient (Wildman–Crippen LogP) is 1.52. The molecule has 0 saturated heterocycles. The van der Waals surface area contributed by atoms with Gasteiger partial charge in [0.25, 0.3) is 0 Å². The summed E-state index contributed by atoms with van der Waals surface area (Å²) in [6.45, 7) is 6.19. The van der Waals surface area contributed by atoms with Crippen LogP contribution in [-0.2, 0) is 16.4 Å². The van der Waals surface area contributed by atoms with Gasteiger partial charge in [-0.1, -0.05) is 13.8 Å². The van der Waals surface area contributed by atoms with Crippen LogP contribution >= 0.6 is 0 Å². The number of nitrogens with one attached hydrogen (secondary N) is 1. The van der Waals surface area contributed by atoms with Crippen LogP contribution in [-0.4, -0.2) is 28.1 Å². The van der Waals surface area contributed by atoms with Gasteiger partial charge in [-0.2, -0.15) is 0 Å². The van der Waals surface area contributed by atoms with Crippen molar-refractivity contribution in [1.82, 2.24) is 4.72 Å². The fraction of sp³-hybridized carbons (Fsp3) is 0.571. The van der Waals surface area contributed by atoms with Gasteiger partial charge in [-0.25, -0.2) is 13.1 Å². The summed E-state index contributed by atoms with van der Waals surface area (Å²) in [6.07, 6.45) is 0.490. The van der Waals surface area contributed by atoms with Gasteiger partial charge in [0.1, 0.15) is 5.75 Å². The first-order valence-corrected chi connectivity index (χ1v) is 8.19. The Balaban J connectivity index is 3.16. The minimum atomic E-state index is -3.54. The van der Waals surface area contributed by atoms with Crippen LogP contribution in [0, 0.1) is 5.92 Å². The molecular formula is C14H24N2O3S. The third-order valence-electron chi connectivity index (χ3n) is 3.31. The van der Waals surface area contributed by atoms with Gasteiger partial charge in [-0.05, 0) is 49.6 Å². The molecule has 0 heterocycles. The number of hydrogen-bond acceptors (Lipinski definition) is 4. The van der Waals surface area contributed by atoms with Crippen molar-refractivity contribution < 1.29 is 13.2 Å². The van der Waals surface area contributed by atoms with Gasteiger partial charge < -0.3 is 10.5 Å². The lowest BCUT2D eigenvalue weighted by Crippen LogP contribution is -2.36. The van der Waals surface area contributed by atoms with Crippen LogP contribution in [0.1, 0.15) is 26.3 Å². The molecule has 0 saturated carbocycles. The van der Waals surface area contributed by atoms with E-state index >= 15 is 0 Å². The smallest absolute Gasteiger partial charge is 0.241 e. The summed E-state index contributed by atoms with van der Waals surface area (Å²) < 4.78 is 32.7. The predicted molar refractivity (Wildman–Crippen MR) is 80.4 cm³/mol. The van der Waals surface area contributed by atoms with Crippen LogP contribution in [0.5, 0.6) is 5.75 Å². The number of rotatable bonds is 7. The molecule has 1 atom stereocenters. The van der Waals surface area contributed by atoms with Crippen LogP contribution in [0.3, 0.4) is 0 Å². The van der Waals surface area contributed by atoms with Crippen LogP contribution < -0.4 is 15.2 Å². The molecule has 0 bridgehead atoms. The SMILES string of the molecule is COc1ccc(S(=O)(=O)NC(C)C(C)C)c(CCN)c1. The van der Waals surface area contributed by atoms with E-state index in [1.807, 2.05) is 20.8 Å². The van der Waals surface area contributed by atoms with Crippen molar-refractivity contribution in [3.8, 4) is 5.75 Å². The van der Waals surface area contributed by atoms with E-state index in [9.17, 15) is 8.42 Å². The fourth-order valence-electron chi connectivity index (χ4n) is 1.74. The van der Waals surface area contributed by atoms with E-state index in [1.165, 1.54) is 0 Å². The van der Waals surface area contributed by atoms with Crippen LogP contribution in [0.15, 0.2) is 23.1 Å². The molecule has 5 nitrogen and oxygen atoms in total. The number of sulfonamides is 1. The molecule has 0 radical (unpaired) electrons. The number of ether oxygens (including phenoxy) is 1. The zero-order valence-electron chi connectivity index (χ0n) is 12.5. The van der Waals surface area contributed by atoms with Gasteiger partial charge in [0.05, 0.1) is 12.0 Å². The molecule has 1 aromatic rings. The van der Waals surface area contributed by atoms with Crippen molar-refractivity contribution in [3.63, 3.8) is 0 Å². The maximum Gasteiger partial charge on any atom is 0.241 e. The van der Waals surface area contributed by atoms with Crippen LogP contribution in [0.25, 0.3) is 0 Å². The highest BCUT2D eigenvalue weighted by atomic mass is 32.2. The Kier molecular flexibility index (Phi) is 5.98. The van der Waals surface area contributed by atoms with Gasteiger partial charge in [0.2, 0.25) is 10.0 Å². The Hall–Kier alpha value is -1.11. The summed E-state index contributed by atoms with van der Waals surface area (Å²) in [6, 6.07) is 4.81. The van der Waals surface area contributed by atoms with E-state index in [-0.39, 0.29) is 16.9 Å². The molecule has 20 heavy (non-hydrogen) atoms. The number of nitrogens with two attached hydrogens (primary N) is 1. The van der Waals surface area contributed by atoms with E-state index in [0.717, 1.165) is 0 Å². The van der Waals surface area contributed by atoms with Crippen molar-refractivity contribution in [1.29, 1.82) is 0 Å². The average molecular weight is 300 g/mol. The van der Waals surface area contributed by atoms with E-state index in [0.29, 0.717) is 24.3 Å². The Morgan fingerprint density at radius 1 is 1.30 bits per heavy atom. The monoisotopic (exact) mass is 300 g/mol. The summed E-state index contributed by atoms with van der Waals surface area (Å²) >= 11 is 0. The van der Waals surface area contributed by atoms with E-state index in [1.54, 1.807) is 25.3 Å². The molecule has 1 rings (SSSR count). The van der Waals surface area contributed by atoms with Crippen molar-refractivity contribution in [3.05, 3.63) is 23.8 Å².